The SMILES string of the molecule is CCNS(=O)(=O)CCNC1CC2CC1C1CCCC21. The van der Waals surface area contributed by atoms with Crippen LogP contribution in [-0.4, -0.2) is 33.3 Å². The van der Waals surface area contributed by atoms with Crippen molar-refractivity contribution in [2.24, 2.45) is 23.7 Å². The predicted molar refractivity (Wildman–Crippen MR) is 76.3 cm³/mol. The minimum atomic E-state index is -3.07. The van der Waals surface area contributed by atoms with E-state index in [4.69, 9.17) is 0 Å². The van der Waals surface area contributed by atoms with Gasteiger partial charge in [-0.3, -0.25) is 0 Å². The van der Waals surface area contributed by atoms with Crippen molar-refractivity contribution in [2.75, 3.05) is 18.8 Å². The molecule has 0 heterocycles. The lowest BCUT2D eigenvalue weighted by atomic mass is 9.79. The van der Waals surface area contributed by atoms with E-state index in [1.54, 1.807) is 0 Å². The van der Waals surface area contributed by atoms with E-state index in [1.165, 1.54) is 32.1 Å². The summed E-state index contributed by atoms with van der Waals surface area (Å²) in [4.78, 5) is 0. The topological polar surface area (TPSA) is 58.2 Å². The van der Waals surface area contributed by atoms with Gasteiger partial charge in [-0.2, -0.15) is 0 Å². The van der Waals surface area contributed by atoms with Crippen LogP contribution >= 0.6 is 0 Å². The van der Waals surface area contributed by atoms with Crippen LogP contribution in [-0.2, 0) is 10.0 Å². The summed E-state index contributed by atoms with van der Waals surface area (Å²) in [5.74, 6) is 3.93. The molecule has 0 aromatic rings. The molecule has 0 spiro atoms. The fourth-order valence-corrected chi connectivity index (χ4v) is 5.94. The van der Waals surface area contributed by atoms with E-state index in [9.17, 15) is 8.42 Å². The zero-order valence-electron chi connectivity index (χ0n) is 11.8. The second kappa shape index (κ2) is 5.34. The van der Waals surface area contributed by atoms with Crippen molar-refractivity contribution in [2.45, 2.75) is 45.1 Å². The Morgan fingerprint density at radius 1 is 1.11 bits per heavy atom. The second-order valence-electron chi connectivity index (χ2n) is 6.53. The number of hydrogen-bond donors (Lipinski definition) is 2. The fourth-order valence-electron chi connectivity index (χ4n) is 4.97. The molecule has 3 fully saturated rings. The van der Waals surface area contributed by atoms with Gasteiger partial charge in [0.2, 0.25) is 10.0 Å². The molecule has 0 aromatic heterocycles. The van der Waals surface area contributed by atoms with Crippen LogP contribution in [0.25, 0.3) is 0 Å². The van der Waals surface area contributed by atoms with E-state index in [0.717, 1.165) is 23.7 Å². The van der Waals surface area contributed by atoms with E-state index in [2.05, 4.69) is 10.0 Å². The molecule has 110 valence electrons. The second-order valence-corrected chi connectivity index (χ2v) is 8.46. The van der Waals surface area contributed by atoms with Crippen LogP contribution in [0.5, 0.6) is 0 Å². The highest BCUT2D eigenvalue weighted by atomic mass is 32.2. The highest BCUT2D eigenvalue weighted by molar-refractivity contribution is 7.89. The molecule has 0 amide bonds. The van der Waals surface area contributed by atoms with E-state index >= 15 is 0 Å². The van der Waals surface area contributed by atoms with Crippen LogP contribution in [0.2, 0.25) is 0 Å². The lowest BCUT2D eigenvalue weighted by molar-refractivity contribution is 0.211. The summed E-state index contributed by atoms with van der Waals surface area (Å²) in [7, 11) is -3.07. The Morgan fingerprint density at radius 3 is 2.68 bits per heavy atom. The summed E-state index contributed by atoms with van der Waals surface area (Å²) in [5.41, 5.74) is 0. The minimum absolute atomic E-state index is 0.211. The lowest BCUT2D eigenvalue weighted by Gasteiger charge is -2.32. The fraction of sp³-hybridized carbons (Fsp3) is 1.00. The highest BCUT2D eigenvalue weighted by Gasteiger charge is 2.53. The zero-order chi connectivity index (χ0) is 13.5. The molecule has 5 heteroatoms. The molecule has 3 saturated carbocycles. The third-order valence-corrected chi connectivity index (χ3v) is 7.04. The van der Waals surface area contributed by atoms with Gasteiger partial charge in [0.15, 0.2) is 0 Å². The quantitative estimate of drug-likeness (QED) is 0.775. The number of fused-ring (bicyclic) bond motifs is 5. The summed E-state index contributed by atoms with van der Waals surface area (Å²) in [6.45, 7) is 2.90. The number of rotatable bonds is 6. The third-order valence-electron chi connectivity index (χ3n) is 5.57. The first kappa shape index (κ1) is 13.8. The largest absolute Gasteiger partial charge is 0.313 e. The Balaban J connectivity index is 1.48. The van der Waals surface area contributed by atoms with Crippen LogP contribution in [0.3, 0.4) is 0 Å². The molecule has 0 aliphatic heterocycles. The molecule has 2 N–H and O–H groups in total. The normalized spacial score (nSPS) is 40.8. The van der Waals surface area contributed by atoms with Crippen molar-refractivity contribution in [3.8, 4) is 0 Å². The Kier molecular flexibility index (Phi) is 3.89. The van der Waals surface area contributed by atoms with Crippen LogP contribution < -0.4 is 10.0 Å². The molecular formula is C14H26N2O2S. The standard InChI is InChI=1S/C14H26N2O2S/c1-2-16-19(17,18)7-6-15-14-9-10-8-13(14)12-5-3-4-11(10)12/h10-16H,2-9H2,1H3. The average molecular weight is 286 g/mol. The summed E-state index contributed by atoms with van der Waals surface area (Å²) in [6.07, 6.45) is 6.97. The van der Waals surface area contributed by atoms with E-state index < -0.39 is 10.0 Å². The summed E-state index contributed by atoms with van der Waals surface area (Å²) >= 11 is 0. The number of nitrogens with one attached hydrogen (secondary N) is 2. The summed E-state index contributed by atoms with van der Waals surface area (Å²) in [5, 5.41) is 3.52. The Bertz CT molecular complexity index is 423. The Labute approximate surface area is 116 Å². The third kappa shape index (κ3) is 2.69. The molecule has 0 aromatic carbocycles. The maximum absolute atomic E-state index is 11.6. The van der Waals surface area contributed by atoms with Crippen LogP contribution in [0.1, 0.15) is 39.0 Å². The average Bonchev–Trinajstić information content (AvgIpc) is 2.99. The molecule has 2 bridgehead atoms. The molecular weight excluding hydrogens is 260 g/mol. The van der Waals surface area contributed by atoms with Gasteiger partial charge in [0, 0.05) is 19.1 Å². The monoisotopic (exact) mass is 286 g/mol. The first-order valence-corrected chi connectivity index (χ1v) is 9.46. The summed E-state index contributed by atoms with van der Waals surface area (Å²) < 4.78 is 25.7. The molecule has 0 saturated heterocycles. The minimum Gasteiger partial charge on any atom is -0.313 e. The molecule has 19 heavy (non-hydrogen) atoms. The maximum Gasteiger partial charge on any atom is 0.212 e. The molecule has 3 aliphatic rings. The first-order valence-electron chi connectivity index (χ1n) is 7.81. The van der Waals surface area contributed by atoms with Crippen molar-refractivity contribution in [1.29, 1.82) is 0 Å². The highest BCUT2D eigenvalue weighted by Crippen LogP contribution is 2.58. The zero-order valence-corrected chi connectivity index (χ0v) is 12.6. The van der Waals surface area contributed by atoms with Gasteiger partial charge in [0.1, 0.15) is 0 Å². The van der Waals surface area contributed by atoms with E-state index in [1.807, 2.05) is 6.92 Å². The van der Waals surface area contributed by atoms with E-state index in [-0.39, 0.29) is 5.75 Å². The van der Waals surface area contributed by atoms with Gasteiger partial charge in [-0.25, -0.2) is 13.1 Å². The number of sulfonamides is 1. The van der Waals surface area contributed by atoms with Crippen molar-refractivity contribution < 1.29 is 8.42 Å². The molecule has 5 unspecified atom stereocenters. The van der Waals surface area contributed by atoms with Gasteiger partial charge < -0.3 is 5.32 Å². The molecule has 5 atom stereocenters. The van der Waals surface area contributed by atoms with Gasteiger partial charge in [0.05, 0.1) is 5.75 Å². The van der Waals surface area contributed by atoms with Gasteiger partial charge in [-0.1, -0.05) is 13.3 Å². The molecule has 4 nitrogen and oxygen atoms in total. The molecule has 0 radical (unpaired) electrons. The lowest BCUT2D eigenvalue weighted by Crippen LogP contribution is -2.42. The molecule has 3 aliphatic carbocycles. The van der Waals surface area contributed by atoms with Crippen LogP contribution in [0, 0.1) is 23.7 Å². The van der Waals surface area contributed by atoms with Gasteiger partial charge in [-0.05, 0) is 49.4 Å². The van der Waals surface area contributed by atoms with Crippen LogP contribution in [0.15, 0.2) is 0 Å². The Hall–Kier alpha value is -0.130. The maximum atomic E-state index is 11.6. The van der Waals surface area contributed by atoms with Crippen molar-refractivity contribution in [3.05, 3.63) is 0 Å². The van der Waals surface area contributed by atoms with Crippen molar-refractivity contribution in [1.82, 2.24) is 10.0 Å². The van der Waals surface area contributed by atoms with Gasteiger partial charge >= 0.3 is 0 Å². The molecule has 3 rings (SSSR count). The van der Waals surface area contributed by atoms with Crippen LogP contribution in [0.4, 0.5) is 0 Å². The van der Waals surface area contributed by atoms with Crippen molar-refractivity contribution >= 4 is 10.0 Å². The smallest absolute Gasteiger partial charge is 0.212 e. The van der Waals surface area contributed by atoms with Gasteiger partial charge in [0.25, 0.3) is 0 Å². The predicted octanol–water partition coefficient (Wildman–Crippen LogP) is 1.34. The first-order chi connectivity index (χ1) is 9.11. The van der Waals surface area contributed by atoms with Crippen molar-refractivity contribution in [3.63, 3.8) is 0 Å². The number of hydrogen-bond acceptors (Lipinski definition) is 3. The Morgan fingerprint density at radius 2 is 1.89 bits per heavy atom. The van der Waals surface area contributed by atoms with E-state index in [0.29, 0.717) is 19.1 Å². The summed E-state index contributed by atoms with van der Waals surface area (Å²) in [6, 6.07) is 0.584. The van der Waals surface area contributed by atoms with Gasteiger partial charge in [-0.15, -0.1) is 0 Å².